The predicted molar refractivity (Wildman–Crippen MR) is 85.6 cm³/mol. The van der Waals surface area contributed by atoms with Crippen molar-refractivity contribution in [2.75, 3.05) is 13.1 Å². The maximum Gasteiger partial charge on any atom is 0.335 e. The molecule has 1 amide bonds. The second kappa shape index (κ2) is 6.87. The molecule has 1 fully saturated rings. The Labute approximate surface area is 137 Å². The number of carbonyl (C=O) groups excluding carboxylic acids is 1. The zero-order valence-corrected chi connectivity index (χ0v) is 13.3. The topological polar surface area (TPSA) is 83.4 Å². The first-order valence-electron chi connectivity index (χ1n) is 7.53. The van der Waals surface area contributed by atoms with Gasteiger partial charge in [-0.25, -0.2) is 4.79 Å². The molecule has 6 nitrogen and oxygen atoms in total. The summed E-state index contributed by atoms with van der Waals surface area (Å²) in [6, 6.07) is 7.14. The molecule has 3 rings (SSSR count). The first kappa shape index (κ1) is 15.6. The van der Waals surface area contributed by atoms with Crippen molar-refractivity contribution >= 4 is 23.4 Å². The number of nitrogens with zero attached hydrogens (tertiary/aromatic N) is 3. The van der Waals surface area contributed by atoms with E-state index in [0.717, 1.165) is 36.4 Å². The normalized spacial score (nSPS) is 15.6. The number of carbonyl (C=O) groups is 2. The Morgan fingerprint density at radius 2 is 2.00 bits per heavy atom. The molecule has 2 aromatic rings. The summed E-state index contributed by atoms with van der Waals surface area (Å²) in [5.74, 6) is -0.491. The standard InChI is InChI=1S/C16H17N3O3S/c20-15(14-10-17-18-23-14)19-7-5-11(6-8-19)9-12-3-1-2-4-13(12)16(21)22/h1-4,10-11H,5-9H2,(H,21,22). The number of carboxylic acids is 1. The van der Waals surface area contributed by atoms with Gasteiger partial charge in [0.05, 0.1) is 11.8 Å². The lowest BCUT2D eigenvalue weighted by Gasteiger charge is -2.31. The van der Waals surface area contributed by atoms with Crippen molar-refractivity contribution in [2.45, 2.75) is 19.3 Å². The van der Waals surface area contributed by atoms with Crippen molar-refractivity contribution < 1.29 is 14.7 Å². The molecule has 23 heavy (non-hydrogen) atoms. The molecule has 0 aliphatic carbocycles. The van der Waals surface area contributed by atoms with E-state index in [4.69, 9.17) is 0 Å². The third kappa shape index (κ3) is 3.56. The average Bonchev–Trinajstić information content (AvgIpc) is 3.10. The van der Waals surface area contributed by atoms with E-state index >= 15 is 0 Å². The van der Waals surface area contributed by atoms with Crippen LogP contribution in [0.5, 0.6) is 0 Å². The van der Waals surface area contributed by atoms with Crippen LogP contribution < -0.4 is 0 Å². The van der Waals surface area contributed by atoms with Gasteiger partial charge in [0.15, 0.2) is 0 Å². The number of rotatable bonds is 4. The van der Waals surface area contributed by atoms with Crippen LogP contribution in [0.3, 0.4) is 0 Å². The number of hydrogen-bond donors (Lipinski definition) is 1. The molecular formula is C16H17N3O3S. The second-order valence-electron chi connectivity index (χ2n) is 5.68. The van der Waals surface area contributed by atoms with Gasteiger partial charge in [0.2, 0.25) is 0 Å². The van der Waals surface area contributed by atoms with Gasteiger partial charge >= 0.3 is 5.97 Å². The van der Waals surface area contributed by atoms with Crippen LogP contribution in [0.25, 0.3) is 0 Å². The lowest BCUT2D eigenvalue weighted by atomic mass is 9.88. The van der Waals surface area contributed by atoms with Gasteiger partial charge in [-0.05, 0) is 48.3 Å². The molecule has 7 heteroatoms. The summed E-state index contributed by atoms with van der Waals surface area (Å²) < 4.78 is 3.72. The molecule has 0 saturated carbocycles. The summed E-state index contributed by atoms with van der Waals surface area (Å²) in [7, 11) is 0. The van der Waals surface area contributed by atoms with Crippen molar-refractivity contribution in [1.82, 2.24) is 14.5 Å². The highest BCUT2D eigenvalue weighted by Crippen LogP contribution is 2.24. The Morgan fingerprint density at radius 1 is 1.26 bits per heavy atom. The Morgan fingerprint density at radius 3 is 2.65 bits per heavy atom. The number of piperidine rings is 1. The Kier molecular flexibility index (Phi) is 4.66. The molecule has 1 aliphatic heterocycles. The van der Waals surface area contributed by atoms with Crippen molar-refractivity contribution in [1.29, 1.82) is 0 Å². The zero-order valence-electron chi connectivity index (χ0n) is 12.5. The van der Waals surface area contributed by atoms with Crippen LogP contribution in [-0.2, 0) is 6.42 Å². The lowest BCUT2D eigenvalue weighted by Crippen LogP contribution is -2.38. The number of benzene rings is 1. The molecule has 1 aromatic carbocycles. The molecular weight excluding hydrogens is 314 g/mol. The quantitative estimate of drug-likeness (QED) is 0.929. The Balaban J connectivity index is 1.60. The highest BCUT2D eigenvalue weighted by atomic mass is 32.1. The van der Waals surface area contributed by atoms with Gasteiger partial charge in [0, 0.05) is 13.1 Å². The molecule has 1 N–H and O–H groups in total. The SMILES string of the molecule is O=C(O)c1ccccc1CC1CCN(C(=O)c2cnns2)CC1. The first-order chi connectivity index (χ1) is 11.1. The van der Waals surface area contributed by atoms with Crippen LogP contribution in [0.2, 0.25) is 0 Å². The minimum atomic E-state index is -0.883. The van der Waals surface area contributed by atoms with Gasteiger partial charge in [-0.15, -0.1) is 5.10 Å². The fraction of sp³-hybridized carbons (Fsp3) is 0.375. The van der Waals surface area contributed by atoms with Gasteiger partial charge in [0.25, 0.3) is 5.91 Å². The fourth-order valence-corrected chi connectivity index (χ4v) is 3.46. The number of carboxylic acid groups (broad SMARTS) is 1. The number of likely N-dealkylation sites (tertiary alicyclic amines) is 1. The van der Waals surface area contributed by atoms with E-state index in [1.165, 1.54) is 6.20 Å². The van der Waals surface area contributed by atoms with Crippen LogP contribution in [0, 0.1) is 5.92 Å². The summed E-state index contributed by atoms with van der Waals surface area (Å²) in [5.41, 5.74) is 1.25. The number of aromatic carboxylic acids is 1. The van der Waals surface area contributed by atoms with E-state index in [1.54, 1.807) is 12.1 Å². The third-order valence-electron chi connectivity index (χ3n) is 4.23. The molecule has 0 unspecified atom stereocenters. The van der Waals surface area contributed by atoms with Gasteiger partial charge in [-0.1, -0.05) is 22.7 Å². The van der Waals surface area contributed by atoms with Gasteiger partial charge < -0.3 is 10.0 Å². The number of aromatic nitrogens is 2. The van der Waals surface area contributed by atoms with Crippen LogP contribution in [0.15, 0.2) is 30.5 Å². The van der Waals surface area contributed by atoms with E-state index < -0.39 is 5.97 Å². The lowest BCUT2D eigenvalue weighted by molar-refractivity contribution is 0.0694. The van der Waals surface area contributed by atoms with Crippen molar-refractivity contribution in [3.05, 3.63) is 46.5 Å². The first-order valence-corrected chi connectivity index (χ1v) is 8.30. The molecule has 0 bridgehead atoms. The minimum Gasteiger partial charge on any atom is -0.478 e. The van der Waals surface area contributed by atoms with Crippen molar-refractivity contribution in [3.8, 4) is 0 Å². The molecule has 120 valence electrons. The van der Waals surface area contributed by atoms with E-state index in [0.29, 0.717) is 29.4 Å². The Hall–Kier alpha value is -2.28. The highest BCUT2D eigenvalue weighted by Gasteiger charge is 2.25. The number of hydrogen-bond acceptors (Lipinski definition) is 5. The molecule has 0 radical (unpaired) electrons. The summed E-state index contributed by atoms with van der Waals surface area (Å²) in [6.07, 6.45) is 4.01. The summed E-state index contributed by atoms with van der Waals surface area (Å²) in [6.45, 7) is 1.38. The zero-order chi connectivity index (χ0) is 16.2. The van der Waals surface area contributed by atoms with E-state index in [-0.39, 0.29) is 5.91 Å². The summed E-state index contributed by atoms with van der Waals surface area (Å²) in [4.78, 5) is 25.9. The van der Waals surface area contributed by atoms with Gasteiger partial charge in [0.1, 0.15) is 4.88 Å². The van der Waals surface area contributed by atoms with Gasteiger partial charge in [-0.3, -0.25) is 4.79 Å². The monoisotopic (exact) mass is 331 g/mol. The molecule has 1 aromatic heterocycles. The average molecular weight is 331 g/mol. The molecule has 0 spiro atoms. The molecule has 1 aliphatic rings. The maximum atomic E-state index is 12.2. The summed E-state index contributed by atoms with van der Waals surface area (Å²) in [5, 5.41) is 13.0. The van der Waals surface area contributed by atoms with Gasteiger partial charge in [-0.2, -0.15) is 0 Å². The maximum absolute atomic E-state index is 12.2. The molecule has 1 saturated heterocycles. The molecule has 2 heterocycles. The Bertz CT molecular complexity index is 694. The smallest absolute Gasteiger partial charge is 0.335 e. The second-order valence-corrected chi connectivity index (χ2v) is 6.47. The highest BCUT2D eigenvalue weighted by molar-refractivity contribution is 7.07. The third-order valence-corrected chi connectivity index (χ3v) is 4.88. The predicted octanol–water partition coefficient (Wildman–Crippen LogP) is 2.33. The summed E-state index contributed by atoms with van der Waals surface area (Å²) >= 11 is 1.12. The van der Waals surface area contributed by atoms with E-state index in [2.05, 4.69) is 9.59 Å². The molecule has 0 atom stereocenters. The van der Waals surface area contributed by atoms with E-state index in [9.17, 15) is 14.7 Å². The van der Waals surface area contributed by atoms with Crippen molar-refractivity contribution in [3.63, 3.8) is 0 Å². The minimum absolute atomic E-state index is 0.00983. The van der Waals surface area contributed by atoms with Crippen LogP contribution >= 0.6 is 11.5 Å². The van der Waals surface area contributed by atoms with Crippen LogP contribution in [-0.4, -0.2) is 44.6 Å². The number of amides is 1. The largest absolute Gasteiger partial charge is 0.478 e. The van der Waals surface area contributed by atoms with Crippen LogP contribution in [0.1, 0.15) is 38.4 Å². The van der Waals surface area contributed by atoms with Crippen molar-refractivity contribution in [2.24, 2.45) is 5.92 Å². The van der Waals surface area contributed by atoms with Crippen LogP contribution in [0.4, 0.5) is 0 Å². The fourth-order valence-electron chi connectivity index (χ4n) is 2.98. The van der Waals surface area contributed by atoms with E-state index in [1.807, 2.05) is 17.0 Å².